The van der Waals surface area contributed by atoms with Crippen molar-refractivity contribution in [2.24, 2.45) is 0 Å². The Labute approximate surface area is 186 Å². The summed E-state index contributed by atoms with van der Waals surface area (Å²) < 4.78 is 50.1. The number of alkyl halides is 3. The summed E-state index contributed by atoms with van der Waals surface area (Å²) in [5.41, 5.74) is -1.04. The lowest BCUT2D eigenvalue weighted by Gasteiger charge is -2.37. The third-order valence-corrected chi connectivity index (χ3v) is 5.53. The molecule has 170 valence electrons. The molecule has 2 aromatic rings. The van der Waals surface area contributed by atoms with Gasteiger partial charge in [-0.25, -0.2) is 4.79 Å². The molecule has 2 aliphatic rings. The van der Waals surface area contributed by atoms with Gasteiger partial charge in [0.05, 0.1) is 16.3 Å². The van der Waals surface area contributed by atoms with Crippen LogP contribution in [0.1, 0.15) is 5.56 Å². The van der Waals surface area contributed by atoms with E-state index in [1.165, 1.54) is 4.90 Å². The summed E-state index contributed by atoms with van der Waals surface area (Å²) in [4.78, 5) is 28.3. The number of halogens is 4. The van der Waals surface area contributed by atoms with Crippen molar-refractivity contribution in [2.45, 2.75) is 12.3 Å². The molecule has 0 bridgehead atoms. The SMILES string of the molecule is O=C(Nc1cc(C(F)(F)F)ccc1Cl)N1CCN(C(=O)C2COc3ccccc3O2)CC1. The minimum atomic E-state index is -4.55. The highest BCUT2D eigenvalue weighted by atomic mass is 35.5. The van der Waals surface area contributed by atoms with Gasteiger partial charge in [0.1, 0.15) is 6.61 Å². The number of nitrogens with zero attached hydrogens (tertiary/aromatic N) is 2. The minimum Gasteiger partial charge on any atom is -0.485 e. The van der Waals surface area contributed by atoms with Crippen LogP contribution in [0.5, 0.6) is 11.5 Å². The number of benzene rings is 2. The van der Waals surface area contributed by atoms with Crippen LogP contribution in [-0.2, 0) is 11.0 Å². The second-order valence-corrected chi connectivity index (χ2v) is 7.71. The number of para-hydroxylation sites is 2. The molecule has 1 N–H and O–H groups in total. The van der Waals surface area contributed by atoms with Gasteiger partial charge < -0.3 is 24.6 Å². The van der Waals surface area contributed by atoms with E-state index in [-0.39, 0.29) is 49.4 Å². The van der Waals surface area contributed by atoms with Crippen molar-refractivity contribution in [1.29, 1.82) is 0 Å². The molecule has 4 rings (SSSR count). The largest absolute Gasteiger partial charge is 0.485 e. The fraction of sp³-hybridized carbons (Fsp3) is 0.333. The first-order valence-electron chi connectivity index (χ1n) is 9.82. The van der Waals surface area contributed by atoms with Gasteiger partial charge in [0.25, 0.3) is 5.91 Å². The minimum absolute atomic E-state index is 0.00473. The summed E-state index contributed by atoms with van der Waals surface area (Å²) in [6.45, 7) is 1.01. The van der Waals surface area contributed by atoms with Gasteiger partial charge in [-0.05, 0) is 30.3 Å². The van der Waals surface area contributed by atoms with Crippen LogP contribution in [0.25, 0.3) is 0 Å². The Hall–Kier alpha value is -3.14. The van der Waals surface area contributed by atoms with E-state index in [9.17, 15) is 22.8 Å². The number of rotatable bonds is 2. The van der Waals surface area contributed by atoms with E-state index < -0.39 is 23.9 Å². The second-order valence-electron chi connectivity index (χ2n) is 7.30. The molecule has 1 atom stereocenters. The van der Waals surface area contributed by atoms with Crippen LogP contribution in [0.3, 0.4) is 0 Å². The van der Waals surface area contributed by atoms with Gasteiger partial charge in [-0.3, -0.25) is 4.79 Å². The van der Waals surface area contributed by atoms with Crippen LogP contribution in [0.4, 0.5) is 23.7 Å². The maximum Gasteiger partial charge on any atom is 0.416 e. The molecule has 0 aromatic heterocycles. The Morgan fingerprint density at radius 3 is 2.34 bits per heavy atom. The molecule has 0 saturated carbocycles. The first-order valence-corrected chi connectivity index (χ1v) is 10.2. The summed E-state index contributed by atoms with van der Waals surface area (Å²) >= 11 is 5.94. The van der Waals surface area contributed by atoms with E-state index in [1.807, 2.05) is 0 Å². The highest BCUT2D eigenvalue weighted by Crippen LogP contribution is 2.34. The fourth-order valence-corrected chi connectivity index (χ4v) is 3.63. The first-order chi connectivity index (χ1) is 15.2. The summed E-state index contributed by atoms with van der Waals surface area (Å²) in [5.74, 6) is 0.819. The molecule has 0 spiro atoms. The number of carbonyl (C=O) groups is 2. The van der Waals surface area contributed by atoms with Gasteiger partial charge >= 0.3 is 12.2 Å². The normalized spacial score (nSPS) is 18.3. The first kappa shape index (κ1) is 22.1. The number of urea groups is 1. The van der Waals surface area contributed by atoms with Crippen molar-refractivity contribution >= 4 is 29.2 Å². The molecular weight excluding hydrogens is 451 g/mol. The number of hydrogen-bond donors (Lipinski definition) is 1. The molecule has 1 fully saturated rings. The van der Waals surface area contributed by atoms with Crippen molar-refractivity contribution < 1.29 is 32.2 Å². The average molecular weight is 470 g/mol. The fourth-order valence-electron chi connectivity index (χ4n) is 3.47. The second kappa shape index (κ2) is 8.78. The number of nitrogens with one attached hydrogen (secondary N) is 1. The molecule has 3 amide bonds. The van der Waals surface area contributed by atoms with Crippen molar-refractivity contribution in [3.05, 3.63) is 53.1 Å². The predicted octanol–water partition coefficient (Wildman–Crippen LogP) is 3.87. The van der Waals surface area contributed by atoms with E-state index in [0.717, 1.165) is 18.2 Å². The summed E-state index contributed by atoms with van der Waals surface area (Å²) in [6, 6.07) is 9.19. The average Bonchev–Trinajstić information content (AvgIpc) is 2.79. The van der Waals surface area contributed by atoms with E-state index in [0.29, 0.717) is 11.5 Å². The predicted molar refractivity (Wildman–Crippen MR) is 110 cm³/mol. The zero-order valence-electron chi connectivity index (χ0n) is 16.7. The van der Waals surface area contributed by atoms with E-state index in [2.05, 4.69) is 5.32 Å². The zero-order valence-corrected chi connectivity index (χ0v) is 17.4. The smallest absolute Gasteiger partial charge is 0.416 e. The lowest BCUT2D eigenvalue weighted by molar-refractivity contribution is -0.142. The number of amides is 3. The number of ether oxygens (including phenoxy) is 2. The molecule has 0 radical (unpaired) electrons. The van der Waals surface area contributed by atoms with Crippen molar-refractivity contribution in [3.8, 4) is 11.5 Å². The molecule has 2 heterocycles. The Morgan fingerprint density at radius 2 is 1.66 bits per heavy atom. The van der Waals surface area contributed by atoms with Gasteiger partial charge in [0.15, 0.2) is 11.5 Å². The highest BCUT2D eigenvalue weighted by molar-refractivity contribution is 6.33. The van der Waals surface area contributed by atoms with Gasteiger partial charge in [0.2, 0.25) is 6.10 Å². The van der Waals surface area contributed by atoms with Gasteiger partial charge in [0, 0.05) is 26.2 Å². The molecule has 7 nitrogen and oxygen atoms in total. The van der Waals surface area contributed by atoms with Crippen LogP contribution >= 0.6 is 11.6 Å². The Bertz CT molecular complexity index is 1030. The third kappa shape index (κ3) is 4.69. The van der Waals surface area contributed by atoms with Gasteiger partial charge in [-0.15, -0.1) is 0 Å². The molecule has 11 heteroatoms. The quantitative estimate of drug-likeness (QED) is 0.724. The monoisotopic (exact) mass is 469 g/mol. The van der Waals surface area contributed by atoms with Crippen LogP contribution in [0.15, 0.2) is 42.5 Å². The topological polar surface area (TPSA) is 71.1 Å². The maximum absolute atomic E-state index is 12.9. The highest BCUT2D eigenvalue weighted by Gasteiger charge is 2.34. The van der Waals surface area contributed by atoms with Crippen LogP contribution in [-0.4, -0.2) is 60.6 Å². The van der Waals surface area contributed by atoms with Crippen molar-refractivity contribution in [3.63, 3.8) is 0 Å². The van der Waals surface area contributed by atoms with Crippen LogP contribution in [0.2, 0.25) is 5.02 Å². The van der Waals surface area contributed by atoms with Crippen molar-refractivity contribution in [2.75, 3.05) is 38.1 Å². The standard InChI is InChI=1S/C21H19ClF3N3O4/c22-14-6-5-13(21(23,24)25)11-15(14)26-20(30)28-9-7-27(8-10-28)19(29)18-12-31-16-3-1-2-4-17(16)32-18/h1-6,11,18H,7-10,12H2,(H,26,30). The molecule has 2 aliphatic heterocycles. The zero-order chi connectivity index (χ0) is 22.9. The molecule has 0 aliphatic carbocycles. The van der Waals surface area contributed by atoms with Crippen LogP contribution < -0.4 is 14.8 Å². The lowest BCUT2D eigenvalue weighted by atomic mass is 10.2. The van der Waals surface area contributed by atoms with E-state index in [4.69, 9.17) is 21.1 Å². The molecule has 1 saturated heterocycles. The summed E-state index contributed by atoms with van der Waals surface area (Å²) in [6.07, 6.45) is -5.34. The molecule has 1 unspecified atom stereocenters. The number of hydrogen-bond acceptors (Lipinski definition) is 4. The number of carbonyl (C=O) groups excluding carboxylic acids is 2. The summed E-state index contributed by atoms with van der Waals surface area (Å²) in [5, 5.41) is 2.41. The summed E-state index contributed by atoms with van der Waals surface area (Å²) in [7, 11) is 0. The van der Waals surface area contributed by atoms with Crippen molar-refractivity contribution in [1.82, 2.24) is 9.80 Å². The number of anilines is 1. The molecular formula is C21H19ClF3N3O4. The van der Waals surface area contributed by atoms with Gasteiger partial charge in [-0.2, -0.15) is 13.2 Å². The Kier molecular flexibility index (Phi) is 6.05. The maximum atomic E-state index is 12.9. The molecule has 2 aromatic carbocycles. The number of fused-ring (bicyclic) bond motifs is 1. The Morgan fingerprint density at radius 1 is 1.00 bits per heavy atom. The molecule has 32 heavy (non-hydrogen) atoms. The van der Waals surface area contributed by atoms with Crippen LogP contribution in [0, 0.1) is 0 Å². The third-order valence-electron chi connectivity index (χ3n) is 5.20. The van der Waals surface area contributed by atoms with Gasteiger partial charge in [-0.1, -0.05) is 23.7 Å². The Balaban J connectivity index is 1.33. The van der Waals surface area contributed by atoms with E-state index in [1.54, 1.807) is 29.2 Å². The van der Waals surface area contributed by atoms with E-state index >= 15 is 0 Å². The lowest BCUT2D eigenvalue weighted by Crippen LogP contribution is -2.55. The number of piperazine rings is 1.